The second kappa shape index (κ2) is 4.95. The van der Waals surface area contributed by atoms with Crippen molar-refractivity contribution in [3.63, 3.8) is 0 Å². The molecule has 0 aliphatic heterocycles. The van der Waals surface area contributed by atoms with E-state index in [0.29, 0.717) is 27.6 Å². The van der Waals surface area contributed by atoms with Gasteiger partial charge in [0.15, 0.2) is 5.78 Å². The number of carbonyl (C=O) groups is 1. The minimum atomic E-state index is 0.116. The first-order valence-electron chi connectivity index (χ1n) is 5.84. The molecule has 1 aromatic rings. The summed E-state index contributed by atoms with van der Waals surface area (Å²) in [6, 6.07) is 1.52. The maximum atomic E-state index is 12.2. The van der Waals surface area contributed by atoms with E-state index < -0.39 is 0 Å². The summed E-state index contributed by atoms with van der Waals surface area (Å²) in [5.74, 6) is 1.41. The van der Waals surface area contributed by atoms with E-state index in [1.807, 2.05) is 0 Å². The highest BCUT2D eigenvalue weighted by Gasteiger charge is 2.43. The number of Topliss-reactive ketones (excluding diaryl/α,β-unsaturated/α-hetero) is 1. The zero-order chi connectivity index (χ0) is 12.6. The molecule has 2 rings (SSSR count). The maximum Gasteiger partial charge on any atom is 0.169 e. The Kier molecular flexibility index (Phi) is 3.74. The van der Waals surface area contributed by atoms with Gasteiger partial charge in [0.05, 0.1) is 10.6 Å². The van der Waals surface area contributed by atoms with Gasteiger partial charge in [0.2, 0.25) is 0 Å². The third kappa shape index (κ3) is 2.99. The molecule has 1 aliphatic rings. The molecular formula is C13H15Cl2NO. The molecule has 1 heterocycles. The number of nitrogens with zero attached hydrogens (tertiary/aromatic N) is 1. The Morgan fingerprint density at radius 1 is 1.53 bits per heavy atom. The first-order chi connectivity index (χ1) is 7.99. The van der Waals surface area contributed by atoms with Crippen LogP contribution in [0.15, 0.2) is 12.3 Å². The lowest BCUT2D eigenvalue weighted by molar-refractivity contribution is 0.0959. The highest BCUT2D eigenvalue weighted by atomic mass is 35.5. The molecule has 0 N–H and O–H groups in total. The first kappa shape index (κ1) is 12.8. The lowest BCUT2D eigenvalue weighted by atomic mass is 10.0. The van der Waals surface area contributed by atoms with Crippen molar-refractivity contribution in [1.82, 2.24) is 4.98 Å². The van der Waals surface area contributed by atoms with Crippen LogP contribution in [0.5, 0.6) is 0 Å². The van der Waals surface area contributed by atoms with Crippen molar-refractivity contribution >= 4 is 29.0 Å². The summed E-state index contributed by atoms with van der Waals surface area (Å²) in [5, 5.41) is 0.728. The summed E-state index contributed by atoms with van der Waals surface area (Å²) in [7, 11) is 0. The van der Waals surface area contributed by atoms with E-state index in [2.05, 4.69) is 18.8 Å². The fourth-order valence-electron chi connectivity index (χ4n) is 2.22. The van der Waals surface area contributed by atoms with Crippen LogP contribution in [0.25, 0.3) is 0 Å². The number of halogens is 2. The zero-order valence-corrected chi connectivity index (χ0v) is 11.4. The molecule has 0 spiro atoms. The van der Waals surface area contributed by atoms with Gasteiger partial charge in [0.25, 0.3) is 0 Å². The molecule has 1 aliphatic carbocycles. The van der Waals surface area contributed by atoms with Crippen molar-refractivity contribution in [3.8, 4) is 0 Å². The van der Waals surface area contributed by atoms with Gasteiger partial charge in [-0.2, -0.15) is 0 Å². The van der Waals surface area contributed by atoms with Gasteiger partial charge in [0, 0.05) is 12.1 Å². The Hall–Kier alpha value is -0.600. The molecule has 4 heteroatoms. The third-order valence-corrected chi connectivity index (χ3v) is 3.64. The Bertz CT molecular complexity index is 445. The summed E-state index contributed by atoms with van der Waals surface area (Å²) in [5.41, 5.74) is 0.507. The van der Waals surface area contributed by atoms with E-state index in [4.69, 9.17) is 23.2 Å². The predicted molar refractivity (Wildman–Crippen MR) is 69.6 cm³/mol. The van der Waals surface area contributed by atoms with E-state index in [1.165, 1.54) is 12.3 Å². The molecule has 0 bridgehead atoms. The standard InChI is InChI=1S/C13H15Cl2NO/c1-7(2)3-8-4-9(8)13(17)10-6-16-12(15)5-11(10)14/h5-9H,3-4H2,1-2H3. The summed E-state index contributed by atoms with van der Waals surface area (Å²) < 4.78 is 0. The number of aromatic nitrogens is 1. The van der Waals surface area contributed by atoms with Crippen LogP contribution in [0.1, 0.15) is 37.0 Å². The highest BCUT2D eigenvalue weighted by molar-refractivity contribution is 6.36. The van der Waals surface area contributed by atoms with Crippen molar-refractivity contribution in [2.24, 2.45) is 17.8 Å². The lowest BCUT2D eigenvalue weighted by Gasteiger charge is -2.04. The second-order valence-electron chi connectivity index (χ2n) is 5.08. The zero-order valence-electron chi connectivity index (χ0n) is 9.91. The normalized spacial score (nSPS) is 22.9. The number of rotatable bonds is 4. The fraction of sp³-hybridized carbons (Fsp3) is 0.538. The van der Waals surface area contributed by atoms with Crippen LogP contribution in [-0.2, 0) is 0 Å². The van der Waals surface area contributed by atoms with Crippen molar-refractivity contribution < 1.29 is 4.79 Å². The van der Waals surface area contributed by atoms with Crippen LogP contribution in [0.4, 0.5) is 0 Å². The number of hydrogen-bond donors (Lipinski definition) is 0. The molecule has 0 saturated heterocycles. The first-order valence-corrected chi connectivity index (χ1v) is 6.60. The summed E-state index contributed by atoms with van der Waals surface area (Å²) >= 11 is 11.7. The summed E-state index contributed by atoms with van der Waals surface area (Å²) in [6.45, 7) is 4.35. The van der Waals surface area contributed by atoms with Crippen LogP contribution in [0.3, 0.4) is 0 Å². The molecule has 92 valence electrons. The molecule has 1 fully saturated rings. The summed E-state index contributed by atoms with van der Waals surface area (Å²) in [6.07, 6.45) is 3.57. The lowest BCUT2D eigenvalue weighted by Crippen LogP contribution is -2.06. The van der Waals surface area contributed by atoms with E-state index in [-0.39, 0.29) is 11.7 Å². The number of pyridine rings is 1. The Morgan fingerprint density at radius 3 is 2.82 bits per heavy atom. The maximum absolute atomic E-state index is 12.2. The molecule has 1 aromatic heterocycles. The largest absolute Gasteiger partial charge is 0.294 e. The monoisotopic (exact) mass is 271 g/mol. The van der Waals surface area contributed by atoms with Crippen LogP contribution >= 0.6 is 23.2 Å². The Labute approximate surface area is 111 Å². The van der Waals surface area contributed by atoms with Crippen molar-refractivity contribution in [2.45, 2.75) is 26.7 Å². The van der Waals surface area contributed by atoms with Gasteiger partial charge in [0.1, 0.15) is 5.15 Å². The van der Waals surface area contributed by atoms with E-state index in [9.17, 15) is 4.79 Å². The predicted octanol–water partition coefficient (Wildman–Crippen LogP) is 4.25. The van der Waals surface area contributed by atoms with Gasteiger partial charge in [-0.05, 0) is 30.7 Å². The number of hydrogen-bond acceptors (Lipinski definition) is 2. The molecule has 0 radical (unpaired) electrons. The third-order valence-electron chi connectivity index (χ3n) is 3.12. The molecule has 0 aromatic carbocycles. The van der Waals surface area contributed by atoms with Crippen molar-refractivity contribution in [2.75, 3.05) is 0 Å². The molecule has 2 nitrogen and oxygen atoms in total. The summed E-state index contributed by atoms with van der Waals surface area (Å²) in [4.78, 5) is 16.1. The van der Waals surface area contributed by atoms with Crippen LogP contribution in [0, 0.1) is 17.8 Å². The average molecular weight is 272 g/mol. The minimum absolute atomic E-state index is 0.116. The van der Waals surface area contributed by atoms with E-state index in [1.54, 1.807) is 0 Å². The molecule has 17 heavy (non-hydrogen) atoms. The van der Waals surface area contributed by atoms with Gasteiger partial charge in [-0.3, -0.25) is 4.79 Å². The van der Waals surface area contributed by atoms with Gasteiger partial charge in [-0.1, -0.05) is 37.0 Å². The SMILES string of the molecule is CC(C)CC1CC1C(=O)c1cnc(Cl)cc1Cl. The Balaban J connectivity index is 2.07. The van der Waals surface area contributed by atoms with Gasteiger partial charge >= 0.3 is 0 Å². The molecule has 2 atom stereocenters. The fourth-order valence-corrected chi connectivity index (χ4v) is 2.68. The van der Waals surface area contributed by atoms with Crippen LogP contribution in [-0.4, -0.2) is 10.8 Å². The van der Waals surface area contributed by atoms with Gasteiger partial charge in [-0.15, -0.1) is 0 Å². The van der Waals surface area contributed by atoms with E-state index >= 15 is 0 Å². The molecular weight excluding hydrogens is 257 g/mol. The number of carbonyl (C=O) groups excluding carboxylic acids is 1. The quantitative estimate of drug-likeness (QED) is 0.605. The molecule has 0 amide bonds. The average Bonchev–Trinajstić information content (AvgIpc) is 2.95. The van der Waals surface area contributed by atoms with Gasteiger partial charge < -0.3 is 0 Å². The minimum Gasteiger partial charge on any atom is -0.294 e. The Morgan fingerprint density at radius 2 is 2.24 bits per heavy atom. The van der Waals surface area contributed by atoms with Gasteiger partial charge in [-0.25, -0.2) is 4.98 Å². The number of ketones is 1. The molecule has 2 unspecified atom stereocenters. The molecule has 1 saturated carbocycles. The van der Waals surface area contributed by atoms with Crippen LogP contribution in [0.2, 0.25) is 10.2 Å². The van der Waals surface area contributed by atoms with Crippen LogP contribution < -0.4 is 0 Å². The van der Waals surface area contributed by atoms with Crippen molar-refractivity contribution in [1.29, 1.82) is 0 Å². The second-order valence-corrected chi connectivity index (χ2v) is 5.88. The van der Waals surface area contributed by atoms with E-state index in [0.717, 1.165) is 12.8 Å². The topological polar surface area (TPSA) is 30.0 Å². The smallest absolute Gasteiger partial charge is 0.169 e. The highest BCUT2D eigenvalue weighted by Crippen LogP contribution is 2.45. The van der Waals surface area contributed by atoms with Crippen molar-refractivity contribution in [3.05, 3.63) is 28.0 Å².